The van der Waals surface area contributed by atoms with Gasteiger partial charge in [-0.05, 0) is 41.8 Å². The second-order valence-corrected chi connectivity index (χ2v) is 7.02. The third-order valence-electron chi connectivity index (χ3n) is 4.59. The highest BCUT2D eigenvalue weighted by Crippen LogP contribution is 2.38. The van der Waals surface area contributed by atoms with Crippen molar-refractivity contribution in [1.29, 1.82) is 0 Å². The van der Waals surface area contributed by atoms with E-state index in [9.17, 15) is 0 Å². The Morgan fingerprint density at radius 2 is 2.04 bits per heavy atom. The van der Waals surface area contributed by atoms with Crippen molar-refractivity contribution in [3.8, 4) is 22.6 Å². The number of nitrogens with zero attached hydrogens (tertiary/aromatic N) is 1. The van der Waals surface area contributed by atoms with Crippen molar-refractivity contribution in [1.82, 2.24) is 9.97 Å². The Hall–Kier alpha value is -2.99. The molecule has 138 valence electrons. The summed E-state index contributed by atoms with van der Waals surface area (Å²) in [5, 5.41) is 7.51. The van der Waals surface area contributed by atoms with Gasteiger partial charge in [0, 0.05) is 40.8 Å². The normalized spacial score (nSPS) is 10.9. The SMILES string of the molecule is COc1ccc(OC)c(-c2cccc3[nH]cc(CCNc4nccs4)c23)c1. The van der Waals surface area contributed by atoms with E-state index in [2.05, 4.69) is 39.7 Å². The van der Waals surface area contributed by atoms with Gasteiger partial charge in [0.1, 0.15) is 11.5 Å². The van der Waals surface area contributed by atoms with Crippen LogP contribution in [0.25, 0.3) is 22.0 Å². The van der Waals surface area contributed by atoms with Gasteiger partial charge in [-0.15, -0.1) is 11.3 Å². The predicted octanol–water partition coefficient (Wildman–Crippen LogP) is 4.96. The molecule has 0 radical (unpaired) electrons. The number of rotatable bonds is 7. The minimum atomic E-state index is 0.810. The topological polar surface area (TPSA) is 59.2 Å². The number of ether oxygens (including phenoxy) is 2. The smallest absolute Gasteiger partial charge is 0.182 e. The average Bonchev–Trinajstić information content (AvgIpc) is 3.37. The first-order valence-corrected chi connectivity index (χ1v) is 9.63. The molecule has 2 N–H and O–H groups in total. The number of anilines is 1. The lowest BCUT2D eigenvalue weighted by molar-refractivity contribution is 0.404. The Labute approximate surface area is 162 Å². The van der Waals surface area contributed by atoms with E-state index in [1.807, 2.05) is 29.8 Å². The zero-order valence-corrected chi connectivity index (χ0v) is 16.1. The summed E-state index contributed by atoms with van der Waals surface area (Å²) >= 11 is 1.61. The highest BCUT2D eigenvalue weighted by atomic mass is 32.1. The fraction of sp³-hybridized carbons (Fsp3) is 0.190. The number of methoxy groups -OCH3 is 2. The molecule has 0 spiro atoms. The number of thiazole rings is 1. The van der Waals surface area contributed by atoms with Crippen LogP contribution in [-0.2, 0) is 6.42 Å². The fourth-order valence-electron chi connectivity index (χ4n) is 3.32. The third-order valence-corrected chi connectivity index (χ3v) is 5.32. The quantitative estimate of drug-likeness (QED) is 0.476. The molecular weight excluding hydrogens is 358 g/mol. The number of hydrogen-bond acceptors (Lipinski definition) is 5. The molecule has 0 unspecified atom stereocenters. The molecule has 0 saturated heterocycles. The van der Waals surface area contributed by atoms with Crippen LogP contribution in [0.3, 0.4) is 0 Å². The number of H-pyrrole nitrogens is 1. The van der Waals surface area contributed by atoms with E-state index in [4.69, 9.17) is 9.47 Å². The van der Waals surface area contributed by atoms with Crippen molar-refractivity contribution in [2.75, 3.05) is 26.1 Å². The predicted molar refractivity (Wildman–Crippen MR) is 111 cm³/mol. The van der Waals surface area contributed by atoms with Gasteiger partial charge in [-0.2, -0.15) is 0 Å². The van der Waals surface area contributed by atoms with E-state index in [1.165, 1.54) is 10.9 Å². The van der Waals surface area contributed by atoms with Crippen LogP contribution in [-0.4, -0.2) is 30.7 Å². The molecule has 5 nitrogen and oxygen atoms in total. The summed E-state index contributed by atoms with van der Waals surface area (Å²) in [5.74, 6) is 1.64. The summed E-state index contributed by atoms with van der Waals surface area (Å²) < 4.78 is 11.0. The Morgan fingerprint density at radius 3 is 2.81 bits per heavy atom. The molecule has 27 heavy (non-hydrogen) atoms. The van der Waals surface area contributed by atoms with E-state index in [0.717, 1.165) is 46.2 Å². The number of fused-ring (bicyclic) bond motifs is 1. The molecule has 2 heterocycles. The molecule has 0 amide bonds. The van der Waals surface area contributed by atoms with Crippen LogP contribution in [0.15, 0.2) is 54.2 Å². The zero-order valence-electron chi connectivity index (χ0n) is 15.3. The monoisotopic (exact) mass is 379 g/mol. The highest BCUT2D eigenvalue weighted by Gasteiger charge is 2.14. The third kappa shape index (κ3) is 3.48. The van der Waals surface area contributed by atoms with E-state index in [1.54, 1.807) is 25.6 Å². The van der Waals surface area contributed by atoms with Crippen molar-refractivity contribution in [3.05, 3.63) is 59.7 Å². The van der Waals surface area contributed by atoms with E-state index < -0.39 is 0 Å². The van der Waals surface area contributed by atoms with Crippen LogP contribution in [0, 0.1) is 0 Å². The second kappa shape index (κ2) is 7.72. The number of benzene rings is 2. The number of hydrogen-bond donors (Lipinski definition) is 2. The molecular formula is C21H21N3O2S. The van der Waals surface area contributed by atoms with Gasteiger partial charge in [0.25, 0.3) is 0 Å². The molecule has 6 heteroatoms. The minimum absolute atomic E-state index is 0.810. The van der Waals surface area contributed by atoms with Gasteiger partial charge in [-0.25, -0.2) is 4.98 Å². The Morgan fingerprint density at radius 1 is 1.11 bits per heavy atom. The lowest BCUT2D eigenvalue weighted by Gasteiger charge is -2.13. The van der Waals surface area contributed by atoms with Crippen LogP contribution in [0.2, 0.25) is 0 Å². The summed E-state index contributed by atoms with van der Waals surface area (Å²) in [6.45, 7) is 0.823. The standard InChI is InChI=1S/C21H21N3O2S/c1-25-15-6-7-19(26-2)17(12-15)16-4-3-5-18-20(16)14(13-24-18)8-9-22-21-23-10-11-27-21/h3-7,10-13,24H,8-9H2,1-2H3,(H,22,23). The van der Waals surface area contributed by atoms with Crippen LogP contribution in [0.5, 0.6) is 11.5 Å². The summed E-state index contributed by atoms with van der Waals surface area (Å²) in [5.41, 5.74) is 4.53. The van der Waals surface area contributed by atoms with Crippen LogP contribution >= 0.6 is 11.3 Å². The maximum absolute atomic E-state index is 5.61. The second-order valence-electron chi connectivity index (χ2n) is 6.12. The first-order valence-electron chi connectivity index (χ1n) is 8.75. The Balaban J connectivity index is 1.72. The van der Waals surface area contributed by atoms with E-state index in [0.29, 0.717) is 0 Å². The molecule has 0 atom stereocenters. The van der Waals surface area contributed by atoms with Gasteiger partial charge >= 0.3 is 0 Å². The van der Waals surface area contributed by atoms with E-state index in [-0.39, 0.29) is 0 Å². The summed E-state index contributed by atoms with van der Waals surface area (Å²) in [6, 6.07) is 12.2. The number of aromatic amines is 1. The zero-order chi connectivity index (χ0) is 18.6. The largest absolute Gasteiger partial charge is 0.497 e. The number of nitrogens with one attached hydrogen (secondary N) is 2. The molecule has 4 rings (SSSR count). The minimum Gasteiger partial charge on any atom is -0.497 e. The van der Waals surface area contributed by atoms with Gasteiger partial charge in [-0.1, -0.05) is 12.1 Å². The van der Waals surface area contributed by atoms with Crippen molar-refractivity contribution < 1.29 is 9.47 Å². The molecule has 0 saturated carbocycles. The van der Waals surface area contributed by atoms with Crippen LogP contribution < -0.4 is 14.8 Å². The molecule has 0 bridgehead atoms. The Kier molecular flexibility index (Phi) is 4.98. The molecule has 2 aromatic carbocycles. The lowest BCUT2D eigenvalue weighted by atomic mass is 9.97. The molecule has 0 aliphatic carbocycles. The summed E-state index contributed by atoms with van der Waals surface area (Å²) in [4.78, 5) is 7.67. The summed E-state index contributed by atoms with van der Waals surface area (Å²) in [7, 11) is 3.37. The molecule has 4 aromatic rings. The van der Waals surface area contributed by atoms with Gasteiger partial charge < -0.3 is 19.8 Å². The highest BCUT2D eigenvalue weighted by molar-refractivity contribution is 7.13. The maximum Gasteiger partial charge on any atom is 0.182 e. The summed E-state index contributed by atoms with van der Waals surface area (Å²) in [6.07, 6.45) is 4.79. The van der Waals surface area contributed by atoms with Crippen molar-refractivity contribution in [3.63, 3.8) is 0 Å². The van der Waals surface area contributed by atoms with Crippen molar-refractivity contribution in [2.24, 2.45) is 0 Å². The molecule has 0 aliphatic heterocycles. The van der Waals surface area contributed by atoms with Crippen LogP contribution in [0.1, 0.15) is 5.56 Å². The molecule has 0 aliphatic rings. The maximum atomic E-state index is 5.61. The average molecular weight is 379 g/mol. The van der Waals surface area contributed by atoms with Crippen molar-refractivity contribution >= 4 is 27.4 Å². The van der Waals surface area contributed by atoms with Gasteiger partial charge in [0.2, 0.25) is 0 Å². The van der Waals surface area contributed by atoms with Gasteiger partial charge in [0.05, 0.1) is 14.2 Å². The van der Waals surface area contributed by atoms with Crippen molar-refractivity contribution in [2.45, 2.75) is 6.42 Å². The van der Waals surface area contributed by atoms with E-state index >= 15 is 0 Å². The molecule has 0 fully saturated rings. The molecule has 2 aromatic heterocycles. The number of aromatic nitrogens is 2. The van der Waals surface area contributed by atoms with Gasteiger partial charge in [0.15, 0.2) is 5.13 Å². The first kappa shape index (κ1) is 17.4. The lowest BCUT2D eigenvalue weighted by Crippen LogP contribution is -2.04. The van der Waals surface area contributed by atoms with Gasteiger partial charge in [-0.3, -0.25) is 0 Å². The fourth-order valence-corrected chi connectivity index (χ4v) is 3.87. The first-order chi connectivity index (χ1) is 13.3. The Bertz CT molecular complexity index is 1040. The van der Waals surface area contributed by atoms with Crippen LogP contribution in [0.4, 0.5) is 5.13 Å².